The van der Waals surface area contributed by atoms with Gasteiger partial charge in [0.2, 0.25) is 0 Å². The third kappa shape index (κ3) is 6.82. The Hall–Kier alpha value is -1.90. The van der Waals surface area contributed by atoms with Crippen LogP contribution in [0.3, 0.4) is 0 Å². The molecule has 0 bridgehead atoms. The van der Waals surface area contributed by atoms with Gasteiger partial charge < -0.3 is 20.2 Å². The number of ether oxygens (including phenoxy) is 1. The predicted molar refractivity (Wildman–Crippen MR) is 111 cm³/mol. The standard InChI is InChI=1S/C23H23N2O4.K/c1-3-17-14-21(25-29-20-10-8-19(9-11-20)23(26)27)22(24-15-17)28-13-12-18-7-5-4-6-16(18)2;/h4-11,14-15H,3,12-13H2,1-2H3,(H,26,27);/q-1;+1. The zero-order valence-corrected chi connectivity index (χ0v) is 20.6. The molecule has 1 N–H and O–H groups in total. The van der Waals surface area contributed by atoms with Crippen molar-refractivity contribution in [3.63, 3.8) is 0 Å². The number of aromatic nitrogens is 1. The van der Waals surface area contributed by atoms with E-state index in [9.17, 15) is 4.79 Å². The van der Waals surface area contributed by atoms with Gasteiger partial charge in [0.15, 0.2) is 5.88 Å². The zero-order chi connectivity index (χ0) is 20.6. The Balaban J connectivity index is 0.00000320. The van der Waals surface area contributed by atoms with Crippen LogP contribution < -0.4 is 61.0 Å². The van der Waals surface area contributed by atoms with Gasteiger partial charge in [-0.05, 0) is 60.0 Å². The molecule has 0 spiro atoms. The van der Waals surface area contributed by atoms with Gasteiger partial charge in [-0.3, -0.25) is 0 Å². The summed E-state index contributed by atoms with van der Waals surface area (Å²) in [6.45, 7) is 4.58. The monoisotopic (exact) mass is 430 g/mol. The Kier molecular flexibility index (Phi) is 9.81. The normalized spacial score (nSPS) is 10.1. The van der Waals surface area contributed by atoms with Gasteiger partial charge in [-0.2, -0.15) is 0 Å². The molecule has 3 aromatic rings. The number of rotatable bonds is 9. The molecule has 7 heteroatoms. The maximum Gasteiger partial charge on any atom is 1.00 e. The molecule has 2 aromatic carbocycles. The minimum Gasteiger partial charge on any atom is -0.557 e. The Morgan fingerprint density at radius 2 is 1.87 bits per heavy atom. The summed E-state index contributed by atoms with van der Waals surface area (Å²) in [6, 6.07) is 16.1. The van der Waals surface area contributed by atoms with E-state index in [1.807, 2.05) is 25.1 Å². The van der Waals surface area contributed by atoms with Gasteiger partial charge in [0.1, 0.15) is 5.75 Å². The van der Waals surface area contributed by atoms with Crippen LogP contribution in [-0.2, 0) is 12.8 Å². The molecule has 0 fully saturated rings. The van der Waals surface area contributed by atoms with E-state index in [4.69, 9.17) is 14.7 Å². The third-order valence-electron chi connectivity index (χ3n) is 4.52. The van der Waals surface area contributed by atoms with Crippen LogP contribution >= 0.6 is 0 Å². The number of pyridine rings is 1. The number of aromatic carboxylic acids is 1. The van der Waals surface area contributed by atoms with E-state index >= 15 is 0 Å². The largest absolute Gasteiger partial charge is 1.00 e. The van der Waals surface area contributed by atoms with Gasteiger partial charge in [0, 0.05) is 12.6 Å². The molecule has 1 heterocycles. The van der Waals surface area contributed by atoms with Crippen LogP contribution in [0.1, 0.15) is 34.0 Å². The number of benzene rings is 2. The summed E-state index contributed by atoms with van der Waals surface area (Å²) in [5.41, 5.74) is 8.32. The summed E-state index contributed by atoms with van der Waals surface area (Å²) in [7, 11) is 0. The summed E-state index contributed by atoms with van der Waals surface area (Å²) in [5.74, 6) is -0.154. The van der Waals surface area contributed by atoms with E-state index in [1.54, 1.807) is 18.3 Å². The Labute approximate surface area is 219 Å². The van der Waals surface area contributed by atoms with Crippen LogP contribution in [0, 0.1) is 6.92 Å². The molecule has 1 aromatic heterocycles. The van der Waals surface area contributed by atoms with Crippen molar-refractivity contribution in [2.24, 2.45) is 0 Å². The van der Waals surface area contributed by atoms with Crippen LogP contribution in [0.2, 0.25) is 0 Å². The fourth-order valence-corrected chi connectivity index (χ4v) is 2.76. The van der Waals surface area contributed by atoms with Crippen LogP contribution in [0.15, 0.2) is 60.8 Å². The Bertz CT molecular complexity index is 977. The first kappa shape index (κ1) is 24.4. The van der Waals surface area contributed by atoms with Crippen molar-refractivity contribution in [2.45, 2.75) is 26.7 Å². The molecule has 0 aliphatic heterocycles. The van der Waals surface area contributed by atoms with E-state index in [1.165, 1.54) is 23.3 Å². The minimum absolute atomic E-state index is 0. The summed E-state index contributed by atoms with van der Waals surface area (Å²) < 4.78 is 5.87. The van der Waals surface area contributed by atoms with Crippen molar-refractivity contribution in [1.82, 2.24) is 4.98 Å². The Morgan fingerprint density at radius 3 is 2.53 bits per heavy atom. The second-order valence-electron chi connectivity index (χ2n) is 6.56. The smallest absolute Gasteiger partial charge is 0.557 e. The maximum absolute atomic E-state index is 10.9. The molecular formula is C23H23KN2O4. The zero-order valence-electron chi connectivity index (χ0n) is 17.5. The van der Waals surface area contributed by atoms with Gasteiger partial charge in [0.25, 0.3) is 0 Å². The molecule has 30 heavy (non-hydrogen) atoms. The summed E-state index contributed by atoms with van der Waals surface area (Å²) in [5, 5.41) is 8.97. The number of carboxylic acids is 1. The molecule has 0 aliphatic carbocycles. The number of hydrogen-bond acceptors (Lipinski definition) is 4. The van der Waals surface area contributed by atoms with Crippen molar-refractivity contribution in [3.8, 4) is 11.6 Å². The van der Waals surface area contributed by atoms with Crippen LogP contribution in [0.4, 0.5) is 5.69 Å². The molecule has 0 atom stereocenters. The van der Waals surface area contributed by atoms with Gasteiger partial charge in [0.05, 0.1) is 12.2 Å². The van der Waals surface area contributed by atoms with Crippen molar-refractivity contribution in [3.05, 3.63) is 88.5 Å². The second kappa shape index (κ2) is 12.1. The van der Waals surface area contributed by atoms with E-state index in [-0.39, 0.29) is 56.9 Å². The van der Waals surface area contributed by atoms with Gasteiger partial charge in [-0.15, -0.1) is 0 Å². The molecule has 0 saturated heterocycles. The van der Waals surface area contributed by atoms with Crippen LogP contribution in [0.25, 0.3) is 5.48 Å². The number of hydrogen-bond donors (Lipinski definition) is 1. The topological polar surface area (TPSA) is 82.8 Å². The van der Waals surface area contributed by atoms with Gasteiger partial charge in [-0.1, -0.05) is 37.3 Å². The fraction of sp³-hybridized carbons (Fsp3) is 0.217. The molecule has 0 radical (unpaired) electrons. The minimum atomic E-state index is -0.988. The average Bonchev–Trinajstić information content (AvgIpc) is 2.74. The first-order valence-corrected chi connectivity index (χ1v) is 9.44. The third-order valence-corrected chi connectivity index (χ3v) is 4.52. The summed E-state index contributed by atoms with van der Waals surface area (Å²) >= 11 is 0. The average molecular weight is 431 g/mol. The Morgan fingerprint density at radius 1 is 1.13 bits per heavy atom. The summed E-state index contributed by atoms with van der Waals surface area (Å²) in [4.78, 5) is 20.8. The van der Waals surface area contributed by atoms with Crippen molar-refractivity contribution in [1.29, 1.82) is 0 Å². The molecule has 0 aliphatic rings. The number of carbonyl (C=O) groups is 1. The number of aryl methyl sites for hydroxylation is 2. The van der Waals surface area contributed by atoms with E-state index in [0.717, 1.165) is 18.4 Å². The predicted octanol–water partition coefficient (Wildman–Crippen LogP) is 2.28. The second-order valence-corrected chi connectivity index (χ2v) is 6.56. The maximum atomic E-state index is 10.9. The fourth-order valence-electron chi connectivity index (χ4n) is 2.76. The number of nitrogens with zero attached hydrogens (tertiary/aromatic N) is 2. The summed E-state index contributed by atoms with van der Waals surface area (Å²) in [6.07, 6.45) is 3.34. The van der Waals surface area contributed by atoms with E-state index in [0.29, 0.717) is 23.9 Å². The first-order chi connectivity index (χ1) is 14.1. The molecule has 0 amide bonds. The molecule has 3 rings (SSSR count). The van der Waals surface area contributed by atoms with Crippen molar-refractivity contribution < 1.29 is 70.9 Å². The molecule has 0 unspecified atom stereocenters. The van der Waals surface area contributed by atoms with E-state index in [2.05, 4.69) is 29.5 Å². The van der Waals surface area contributed by atoms with Crippen molar-refractivity contribution in [2.75, 3.05) is 6.61 Å². The van der Waals surface area contributed by atoms with Crippen molar-refractivity contribution >= 4 is 11.7 Å². The van der Waals surface area contributed by atoms with Crippen LogP contribution in [-0.4, -0.2) is 22.7 Å². The van der Waals surface area contributed by atoms with Crippen LogP contribution in [0.5, 0.6) is 11.6 Å². The molecule has 6 nitrogen and oxygen atoms in total. The van der Waals surface area contributed by atoms with Gasteiger partial charge in [-0.25, -0.2) is 9.78 Å². The van der Waals surface area contributed by atoms with E-state index < -0.39 is 5.97 Å². The molecular weight excluding hydrogens is 407 g/mol. The first-order valence-electron chi connectivity index (χ1n) is 9.44. The number of carboxylic acid groups (broad SMARTS) is 1. The quantitative estimate of drug-likeness (QED) is 0.416. The van der Waals surface area contributed by atoms with Gasteiger partial charge >= 0.3 is 57.4 Å². The SMILES string of the molecule is CCc1cnc(OCCc2ccccc2C)c([N-]Oc2ccc(C(=O)O)cc2)c1.[K+]. The molecule has 150 valence electrons. The molecule has 0 saturated carbocycles.